The van der Waals surface area contributed by atoms with Gasteiger partial charge in [0.1, 0.15) is 0 Å². The molecule has 1 N–H and O–H groups in total. The summed E-state index contributed by atoms with van der Waals surface area (Å²) < 4.78 is 1.09. The van der Waals surface area contributed by atoms with Crippen molar-refractivity contribution in [3.63, 3.8) is 0 Å². The third kappa shape index (κ3) is 3.96. The van der Waals surface area contributed by atoms with Crippen molar-refractivity contribution in [2.75, 3.05) is 38.6 Å². The van der Waals surface area contributed by atoms with E-state index in [1.807, 2.05) is 12.1 Å². The van der Waals surface area contributed by atoms with Crippen molar-refractivity contribution in [2.24, 2.45) is 5.92 Å². The number of hydrogen-bond donors (Lipinski definition) is 1. The van der Waals surface area contributed by atoms with E-state index >= 15 is 0 Å². The van der Waals surface area contributed by atoms with Crippen molar-refractivity contribution in [2.45, 2.75) is 25.9 Å². The highest BCUT2D eigenvalue weighted by molar-refractivity contribution is 9.10. The first-order chi connectivity index (χ1) is 9.47. The third-order valence-electron chi connectivity index (χ3n) is 4.03. The number of piperidine rings is 1. The van der Waals surface area contributed by atoms with E-state index in [1.54, 1.807) is 6.92 Å². The molecule has 0 bridgehead atoms. The first kappa shape index (κ1) is 15.8. The molecule has 1 atom stereocenters. The Morgan fingerprint density at radius 2 is 2.00 bits per heavy atom. The van der Waals surface area contributed by atoms with Crippen LogP contribution >= 0.6 is 15.9 Å². The minimum atomic E-state index is -0.411. The number of anilines is 1. The predicted octanol–water partition coefficient (Wildman–Crippen LogP) is 3.28. The fraction of sp³-hybridized carbons (Fsp3) is 0.625. The van der Waals surface area contributed by atoms with Gasteiger partial charge >= 0.3 is 0 Å². The molecule has 20 heavy (non-hydrogen) atoms. The molecule has 1 saturated heterocycles. The van der Waals surface area contributed by atoms with Crippen molar-refractivity contribution in [3.8, 4) is 0 Å². The summed E-state index contributed by atoms with van der Waals surface area (Å²) in [6, 6.07) is 6.18. The Labute approximate surface area is 130 Å². The molecule has 1 aliphatic heterocycles. The van der Waals surface area contributed by atoms with Gasteiger partial charge in [0, 0.05) is 24.1 Å². The van der Waals surface area contributed by atoms with Gasteiger partial charge in [0.15, 0.2) is 0 Å². The average Bonchev–Trinajstić information content (AvgIpc) is 2.39. The van der Waals surface area contributed by atoms with Crippen LogP contribution in [-0.4, -0.2) is 43.7 Å². The van der Waals surface area contributed by atoms with Gasteiger partial charge < -0.3 is 14.9 Å². The molecular formula is C16H25BrN2O. The molecule has 1 aliphatic rings. The van der Waals surface area contributed by atoms with Gasteiger partial charge in [-0.2, -0.15) is 0 Å². The average molecular weight is 341 g/mol. The summed E-state index contributed by atoms with van der Waals surface area (Å²) in [6.07, 6.45) is 2.09. The summed E-state index contributed by atoms with van der Waals surface area (Å²) >= 11 is 3.65. The van der Waals surface area contributed by atoms with Crippen LogP contribution in [0.1, 0.15) is 31.4 Å². The molecule has 112 valence electrons. The van der Waals surface area contributed by atoms with Gasteiger partial charge in [0.05, 0.1) is 11.8 Å². The zero-order valence-corrected chi connectivity index (χ0v) is 14.2. The summed E-state index contributed by atoms with van der Waals surface area (Å²) in [5, 5.41) is 9.63. The minimum absolute atomic E-state index is 0.411. The Kier molecular flexibility index (Phi) is 5.47. The number of nitrogens with zero attached hydrogens (tertiary/aromatic N) is 2. The second kappa shape index (κ2) is 6.92. The maximum absolute atomic E-state index is 9.63. The summed E-state index contributed by atoms with van der Waals surface area (Å²) in [4.78, 5) is 4.73. The van der Waals surface area contributed by atoms with E-state index in [1.165, 1.54) is 25.1 Å². The van der Waals surface area contributed by atoms with Gasteiger partial charge in [-0.15, -0.1) is 0 Å². The molecular weight excluding hydrogens is 316 g/mol. The van der Waals surface area contributed by atoms with E-state index in [0.29, 0.717) is 0 Å². The Morgan fingerprint density at radius 1 is 1.35 bits per heavy atom. The molecule has 0 spiro atoms. The molecule has 2 rings (SSSR count). The fourth-order valence-electron chi connectivity index (χ4n) is 2.91. The minimum Gasteiger partial charge on any atom is -0.389 e. The van der Waals surface area contributed by atoms with Crippen LogP contribution in [0.3, 0.4) is 0 Å². The van der Waals surface area contributed by atoms with E-state index in [-0.39, 0.29) is 0 Å². The van der Waals surface area contributed by atoms with Crippen molar-refractivity contribution < 1.29 is 5.11 Å². The highest BCUT2D eigenvalue weighted by Crippen LogP contribution is 2.32. The summed E-state index contributed by atoms with van der Waals surface area (Å²) in [5.74, 6) is 0.816. The monoisotopic (exact) mass is 340 g/mol. The predicted molar refractivity (Wildman–Crippen MR) is 88.3 cm³/mol. The molecule has 1 heterocycles. The maximum Gasteiger partial charge on any atom is 0.0762 e. The smallest absolute Gasteiger partial charge is 0.0762 e. The van der Waals surface area contributed by atoms with Gasteiger partial charge in [-0.3, -0.25) is 0 Å². The van der Waals surface area contributed by atoms with Gasteiger partial charge in [0.25, 0.3) is 0 Å². The molecule has 3 nitrogen and oxygen atoms in total. The first-order valence-electron chi connectivity index (χ1n) is 7.34. The Balaban J connectivity index is 2.00. The molecule has 0 amide bonds. The van der Waals surface area contributed by atoms with Crippen LogP contribution in [0.5, 0.6) is 0 Å². The lowest BCUT2D eigenvalue weighted by Crippen LogP contribution is -2.37. The molecule has 1 aromatic rings. The van der Waals surface area contributed by atoms with Crippen LogP contribution in [-0.2, 0) is 0 Å². The number of rotatable bonds is 4. The number of aliphatic hydroxyl groups excluding tert-OH is 1. The Morgan fingerprint density at radius 3 is 2.50 bits per heavy atom. The van der Waals surface area contributed by atoms with Crippen LogP contribution in [0, 0.1) is 5.92 Å². The molecule has 4 heteroatoms. The standard InChI is InChI=1S/C16H25BrN2O/c1-12(20)14-4-5-16(15(17)10-14)19-8-6-13(7-9-19)11-18(2)3/h4-5,10,12-13,20H,6-9,11H2,1-3H3/t12-/m1/s1. The second-order valence-corrected chi connectivity index (χ2v) is 6.93. The Hall–Kier alpha value is -0.580. The number of benzene rings is 1. The first-order valence-corrected chi connectivity index (χ1v) is 8.14. The van der Waals surface area contributed by atoms with Crippen LogP contribution in [0.25, 0.3) is 0 Å². The molecule has 0 saturated carbocycles. The lowest BCUT2D eigenvalue weighted by molar-refractivity contribution is 0.199. The van der Waals surface area contributed by atoms with E-state index in [9.17, 15) is 5.11 Å². The van der Waals surface area contributed by atoms with Crippen LogP contribution in [0.4, 0.5) is 5.69 Å². The maximum atomic E-state index is 9.63. The Bertz CT molecular complexity index is 440. The van der Waals surface area contributed by atoms with Crippen molar-refractivity contribution >= 4 is 21.6 Å². The lowest BCUT2D eigenvalue weighted by Gasteiger charge is -2.35. The quantitative estimate of drug-likeness (QED) is 0.911. The van der Waals surface area contributed by atoms with E-state index in [0.717, 1.165) is 29.0 Å². The van der Waals surface area contributed by atoms with Gasteiger partial charge in [0.2, 0.25) is 0 Å². The number of aliphatic hydroxyl groups is 1. The van der Waals surface area contributed by atoms with Crippen LogP contribution in [0.2, 0.25) is 0 Å². The van der Waals surface area contributed by atoms with Gasteiger partial charge in [-0.1, -0.05) is 6.07 Å². The third-order valence-corrected chi connectivity index (χ3v) is 4.67. The highest BCUT2D eigenvalue weighted by Gasteiger charge is 2.21. The SMILES string of the molecule is C[C@@H](O)c1ccc(N2CCC(CN(C)C)CC2)c(Br)c1. The molecule has 0 aromatic heterocycles. The summed E-state index contributed by atoms with van der Waals surface area (Å²) in [5.41, 5.74) is 2.21. The topological polar surface area (TPSA) is 26.7 Å². The van der Waals surface area contributed by atoms with E-state index in [2.05, 4.69) is 45.9 Å². The van der Waals surface area contributed by atoms with Gasteiger partial charge in [-0.25, -0.2) is 0 Å². The van der Waals surface area contributed by atoms with Gasteiger partial charge in [-0.05, 0) is 73.4 Å². The van der Waals surface area contributed by atoms with Crippen LogP contribution in [0.15, 0.2) is 22.7 Å². The van der Waals surface area contributed by atoms with Crippen molar-refractivity contribution in [1.82, 2.24) is 4.90 Å². The summed E-state index contributed by atoms with van der Waals surface area (Å²) in [7, 11) is 4.30. The highest BCUT2D eigenvalue weighted by atomic mass is 79.9. The lowest BCUT2D eigenvalue weighted by atomic mass is 9.96. The largest absolute Gasteiger partial charge is 0.389 e. The van der Waals surface area contributed by atoms with Crippen molar-refractivity contribution in [3.05, 3.63) is 28.2 Å². The van der Waals surface area contributed by atoms with Crippen LogP contribution < -0.4 is 4.90 Å². The summed E-state index contributed by atoms with van der Waals surface area (Å²) in [6.45, 7) is 5.22. The second-order valence-electron chi connectivity index (χ2n) is 6.08. The number of halogens is 1. The fourth-order valence-corrected chi connectivity index (χ4v) is 3.56. The van der Waals surface area contributed by atoms with E-state index < -0.39 is 6.10 Å². The number of hydrogen-bond acceptors (Lipinski definition) is 3. The normalized spacial score (nSPS) is 18.6. The molecule has 0 aliphatic carbocycles. The van der Waals surface area contributed by atoms with E-state index in [4.69, 9.17) is 0 Å². The zero-order valence-electron chi connectivity index (χ0n) is 12.6. The molecule has 0 radical (unpaired) electrons. The zero-order chi connectivity index (χ0) is 14.7. The molecule has 0 unspecified atom stereocenters. The van der Waals surface area contributed by atoms with Crippen molar-refractivity contribution in [1.29, 1.82) is 0 Å². The molecule has 1 fully saturated rings. The molecule has 1 aromatic carbocycles.